The molecule has 0 unspecified atom stereocenters. The number of halogens is 3. The molecule has 1 atom stereocenters. The number of amides is 1. The molecule has 1 amide bonds. The summed E-state index contributed by atoms with van der Waals surface area (Å²) in [7, 11) is 0. The topological polar surface area (TPSA) is 62.7 Å². The molecule has 0 spiro atoms. The number of rotatable bonds is 5. The summed E-state index contributed by atoms with van der Waals surface area (Å²) >= 11 is 0. The summed E-state index contributed by atoms with van der Waals surface area (Å²) in [4.78, 5) is 32.1. The smallest absolute Gasteiger partial charge is 0.434 e. The number of aromatic nitrogens is 1. The van der Waals surface area contributed by atoms with Crippen molar-refractivity contribution in [3.05, 3.63) is 65.0 Å². The van der Waals surface area contributed by atoms with Crippen molar-refractivity contribution in [2.24, 2.45) is 0 Å². The lowest BCUT2D eigenvalue weighted by Gasteiger charge is -2.40. The molecule has 2 aromatic rings. The Balaban J connectivity index is 1.58. The average Bonchev–Trinajstić information content (AvgIpc) is 2.74. The second-order valence-electron chi connectivity index (χ2n) is 9.56. The molecule has 0 bridgehead atoms. The van der Waals surface area contributed by atoms with Crippen LogP contribution in [-0.2, 0) is 23.9 Å². The predicted molar refractivity (Wildman–Crippen MR) is 121 cm³/mol. The van der Waals surface area contributed by atoms with Gasteiger partial charge in [-0.05, 0) is 51.0 Å². The highest BCUT2D eigenvalue weighted by Gasteiger charge is 2.36. The number of ketones is 1. The molecule has 0 aliphatic carbocycles. The normalized spacial score (nSPS) is 17.5. The highest BCUT2D eigenvalue weighted by molar-refractivity contribution is 5.98. The van der Waals surface area contributed by atoms with Crippen LogP contribution in [0.2, 0.25) is 0 Å². The predicted octanol–water partition coefficient (Wildman–Crippen LogP) is 4.97. The van der Waals surface area contributed by atoms with E-state index in [1.54, 1.807) is 17.0 Å². The fourth-order valence-corrected chi connectivity index (χ4v) is 3.86. The maximum atomic E-state index is 13.1. The van der Waals surface area contributed by atoms with Crippen LogP contribution in [0.25, 0.3) is 0 Å². The van der Waals surface area contributed by atoms with E-state index in [4.69, 9.17) is 4.74 Å². The number of carbonyl (C=O) groups excluding carboxylic acids is 2. The zero-order valence-corrected chi connectivity index (χ0v) is 19.9. The summed E-state index contributed by atoms with van der Waals surface area (Å²) in [6.45, 7) is 10.1. The van der Waals surface area contributed by atoms with Crippen molar-refractivity contribution in [3.8, 4) is 0 Å². The molecule has 2 heterocycles. The monoisotopic (exact) mass is 477 g/mol. The van der Waals surface area contributed by atoms with Crippen LogP contribution in [0.4, 0.5) is 18.0 Å². The van der Waals surface area contributed by atoms with Crippen molar-refractivity contribution in [2.75, 3.05) is 19.6 Å². The van der Waals surface area contributed by atoms with Crippen molar-refractivity contribution in [2.45, 2.75) is 58.5 Å². The number of carbonyl (C=O) groups is 2. The second kappa shape index (κ2) is 10.1. The quantitative estimate of drug-likeness (QED) is 0.570. The molecule has 1 fully saturated rings. The lowest BCUT2D eigenvalue weighted by Crippen LogP contribution is -2.54. The number of alkyl halides is 3. The van der Waals surface area contributed by atoms with E-state index in [0.29, 0.717) is 31.7 Å². The van der Waals surface area contributed by atoms with Gasteiger partial charge in [0.1, 0.15) is 5.60 Å². The van der Waals surface area contributed by atoms with Crippen LogP contribution < -0.4 is 0 Å². The van der Waals surface area contributed by atoms with E-state index >= 15 is 0 Å². The molecular weight excluding hydrogens is 447 g/mol. The van der Waals surface area contributed by atoms with Crippen LogP contribution in [0.5, 0.6) is 0 Å². The van der Waals surface area contributed by atoms with Crippen molar-refractivity contribution in [1.29, 1.82) is 0 Å². The SMILES string of the molecule is C[C@H]1CN(C(=O)OC(C)(C)C)CCN1Cc1ccc(CC(=O)c2cccnc2C(F)(F)F)cc1. The van der Waals surface area contributed by atoms with Crippen LogP contribution in [-0.4, -0.2) is 57.9 Å². The van der Waals surface area contributed by atoms with E-state index < -0.39 is 28.8 Å². The maximum Gasteiger partial charge on any atom is 0.434 e. The van der Waals surface area contributed by atoms with Gasteiger partial charge in [-0.3, -0.25) is 14.7 Å². The van der Waals surface area contributed by atoms with E-state index in [9.17, 15) is 22.8 Å². The zero-order valence-electron chi connectivity index (χ0n) is 19.9. The number of hydrogen-bond acceptors (Lipinski definition) is 5. The van der Waals surface area contributed by atoms with Gasteiger partial charge in [-0.15, -0.1) is 0 Å². The van der Waals surface area contributed by atoms with Crippen LogP contribution >= 0.6 is 0 Å². The van der Waals surface area contributed by atoms with Gasteiger partial charge >= 0.3 is 12.3 Å². The van der Waals surface area contributed by atoms with E-state index in [1.807, 2.05) is 32.9 Å². The minimum atomic E-state index is -4.68. The Morgan fingerprint density at radius 1 is 1.06 bits per heavy atom. The summed E-state index contributed by atoms with van der Waals surface area (Å²) in [5, 5.41) is 0. The molecule has 0 saturated carbocycles. The number of benzene rings is 1. The maximum absolute atomic E-state index is 13.1. The summed E-state index contributed by atoms with van der Waals surface area (Å²) < 4.78 is 44.9. The molecule has 34 heavy (non-hydrogen) atoms. The average molecular weight is 478 g/mol. The number of ether oxygens (including phenoxy) is 1. The highest BCUT2D eigenvalue weighted by atomic mass is 19.4. The minimum absolute atomic E-state index is 0.133. The molecule has 1 aliphatic heterocycles. The standard InChI is InChI=1S/C25H30F3N3O3/c1-17-15-31(23(33)34-24(2,3)4)13-12-30(17)16-19-9-7-18(8-10-19)14-21(32)20-6-5-11-29-22(20)25(26,27)28/h5-11,17H,12-16H2,1-4H3/t17-/m0/s1. The number of hydrogen-bond donors (Lipinski definition) is 0. The number of nitrogens with zero attached hydrogens (tertiary/aromatic N) is 3. The molecule has 9 heteroatoms. The van der Waals surface area contributed by atoms with Crippen LogP contribution in [0.3, 0.4) is 0 Å². The van der Waals surface area contributed by atoms with Gasteiger partial charge in [0.15, 0.2) is 11.5 Å². The van der Waals surface area contributed by atoms with E-state index in [-0.39, 0.29) is 18.6 Å². The third-order valence-corrected chi connectivity index (χ3v) is 5.57. The van der Waals surface area contributed by atoms with Crippen molar-refractivity contribution < 1.29 is 27.5 Å². The largest absolute Gasteiger partial charge is 0.444 e. The summed E-state index contributed by atoms with van der Waals surface area (Å²) in [5.74, 6) is -0.625. The molecule has 0 radical (unpaired) electrons. The first kappa shape index (κ1) is 25.7. The number of pyridine rings is 1. The first-order valence-electron chi connectivity index (χ1n) is 11.2. The van der Waals surface area contributed by atoms with Crippen molar-refractivity contribution in [1.82, 2.24) is 14.8 Å². The molecule has 1 saturated heterocycles. The van der Waals surface area contributed by atoms with Gasteiger partial charge in [0.2, 0.25) is 0 Å². The van der Waals surface area contributed by atoms with Gasteiger partial charge < -0.3 is 9.64 Å². The lowest BCUT2D eigenvalue weighted by molar-refractivity contribution is -0.141. The Bertz CT molecular complexity index is 1020. The van der Waals surface area contributed by atoms with Gasteiger partial charge in [-0.2, -0.15) is 13.2 Å². The summed E-state index contributed by atoms with van der Waals surface area (Å²) in [6.07, 6.45) is -4.10. The fourth-order valence-electron chi connectivity index (χ4n) is 3.86. The van der Waals surface area contributed by atoms with Gasteiger partial charge in [0.25, 0.3) is 0 Å². The van der Waals surface area contributed by atoms with Crippen LogP contribution in [0, 0.1) is 0 Å². The highest BCUT2D eigenvalue weighted by Crippen LogP contribution is 2.30. The molecule has 1 aliphatic rings. The Labute approximate surface area is 197 Å². The first-order valence-corrected chi connectivity index (χ1v) is 11.2. The van der Waals surface area contributed by atoms with Crippen LogP contribution in [0.1, 0.15) is 54.9 Å². The van der Waals surface area contributed by atoms with E-state index in [1.165, 1.54) is 6.07 Å². The third-order valence-electron chi connectivity index (χ3n) is 5.57. The molecule has 184 valence electrons. The second-order valence-corrected chi connectivity index (χ2v) is 9.56. The van der Waals surface area contributed by atoms with E-state index in [2.05, 4.69) is 16.8 Å². The molecule has 0 N–H and O–H groups in total. The minimum Gasteiger partial charge on any atom is -0.444 e. The van der Waals surface area contributed by atoms with Gasteiger partial charge in [-0.25, -0.2) is 4.79 Å². The number of piperazine rings is 1. The Morgan fingerprint density at radius 3 is 2.29 bits per heavy atom. The molecule has 1 aromatic carbocycles. The first-order chi connectivity index (χ1) is 15.8. The van der Waals surface area contributed by atoms with Crippen LogP contribution in [0.15, 0.2) is 42.6 Å². The number of Topliss-reactive ketones (excluding diaryl/α,β-unsaturated/α-hetero) is 1. The Morgan fingerprint density at radius 2 is 1.71 bits per heavy atom. The fraction of sp³-hybridized carbons (Fsp3) is 0.480. The summed E-state index contributed by atoms with van der Waals surface area (Å²) in [6, 6.07) is 9.90. The zero-order chi connectivity index (χ0) is 25.1. The van der Waals surface area contributed by atoms with Gasteiger partial charge in [-0.1, -0.05) is 24.3 Å². The molecule has 1 aromatic heterocycles. The van der Waals surface area contributed by atoms with Gasteiger partial charge in [0.05, 0.1) is 0 Å². The molecular formula is C25H30F3N3O3. The Kier molecular flexibility index (Phi) is 7.65. The van der Waals surface area contributed by atoms with Crippen molar-refractivity contribution >= 4 is 11.9 Å². The Hall–Kier alpha value is -2.94. The summed E-state index contributed by atoms with van der Waals surface area (Å²) in [5.41, 5.74) is -0.460. The third kappa shape index (κ3) is 6.79. The van der Waals surface area contributed by atoms with Gasteiger partial charge in [0, 0.05) is 50.4 Å². The molecule has 3 rings (SSSR count). The van der Waals surface area contributed by atoms with E-state index in [0.717, 1.165) is 17.8 Å². The van der Waals surface area contributed by atoms with Crippen molar-refractivity contribution in [3.63, 3.8) is 0 Å². The molecule has 6 nitrogen and oxygen atoms in total. The lowest BCUT2D eigenvalue weighted by atomic mass is 10.0.